The Morgan fingerprint density at radius 3 is 2.63 bits per heavy atom. The topological polar surface area (TPSA) is 90.9 Å². The van der Waals surface area contributed by atoms with Crippen LogP contribution < -0.4 is 16.6 Å². The lowest BCUT2D eigenvalue weighted by Gasteiger charge is -2.18. The summed E-state index contributed by atoms with van der Waals surface area (Å²) in [4.78, 5) is 41.8. The summed E-state index contributed by atoms with van der Waals surface area (Å²) in [6, 6.07) is 5.80. The van der Waals surface area contributed by atoms with E-state index in [2.05, 4.69) is 10.3 Å². The van der Waals surface area contributed by atoms with Gasteiger partial charge in [-0.25, -0.2) is 14.3 Å². The Bertz CT molecular complexity index is 1150. The van der Waals surface area contributed by atoms with Gasteiger partial charge in [-0.05, 0) is 31.9 Å². The first-order valence-corrected chi connectivity index (χ1v) is 8.68. The molecule has 8 nitrogen and oxygen atoms in total. The molecule has 1 unspecified atom stereocenters. The van der Waals surface area contributed by atoms with Crippen molar-refractivity contribution >= 4 is 17.1 Å². The molecule has 142 valence electrons. The van der Waals surface area contributed by atoms with Gasteiger partial charge in [0.15, 0.2) is 11.2 Å². The smallest absolute Gasteiger partial charge is 0.332 e. The second-order valence-corrected chi connectivity index (χ2v) is 6.91. The predicted octanol–water partition coefficient (Wildman–Crippen LogP) is 0.928. The van der Waals surface area contributed by atoms with E-state index in [0.717, 1.165) is 21.3 Å². The number of imidazole rings is 1. The minimum atomic E-state index is -0.569. The van der Waals surface area contributed by atoms with E-state index >= 15 is 0 Å². The van der Waals surface area contributed by atoms with Crippen LogP contribution >= 0.6 is 0 Å². The Hall–Kier alpha value is -3.16. The highest BCUT2D eigenvalue weighted by molar-refractivity contribution is 5.77. The molecule has 0 saturated carbocycles. The van der Waals surface area contributed by atoms with Gasteiger partial charge >= 0.3 is 5.69 Å². The fourth-order valence-corrected chi connectivity index (χ4v) is 3.27. The largest absolute Gasteiger partial charge is 0.348 e. The first kappa shape index (κ1) is 18.6. The van der Waals surface area contributed by atoms with Gasteiger partial charge in [0.25, 0.3) is 5.56 Å². The average Bonchev–Trinajstić information content (AvgIpc) is 3.00. The van der Waals surface area contributed by atoms with Crippen molar-refractivity contribution in [1.29, 1.82) is 0 Å². The SMILES string of the molecule is Cc1ccc(C)c(C(C)NC(=O)Cn2c(=O)c3c(ncn3C)n(C)c2=O)c1. The van der Waals surface area contributed by atoms with Gasteiger partial charge < -0.3 is 9.88 Å². The van der Waals surface area contributed by atoms with Crippen LogP contribution in [0, 0.1) is 13.8 Å². The van der Waals surface area contributed by atoms with E-state index < -0.39 is 17.2 Å². The summed E-state index contributed by atoms with van der Waals surface area (Å²) in [7, 11) is 3.21. The van der Waals surface area contributed by atoms with Crippen LogP contribution in [0.2, 0.25) is 0 Å². The van der Waals surface area contributed by atoms with E-state index in [9.17, 15) is 14.4 Å². The molecule has 0 aliphatic rings. The fourth-order valence-electron chi connectivity index (χ4n) is 3.27. The standard InChI is InChI=1S/C19H23N5O3/c1-11-6-7-12(2)14(8-11)13(3)21-15(25)9-24-18(26)16-17(20-10-22(16)4)23(5)19(24)27/h6-8,10,13H,9H2,1-5H3,(H,21,25). The highest BCUT2D eigenvalue weighted by atomic mass is 16.2. The quantitative estimate of drug-likeness (QED) is 0.741. The van der Waals surface area contributed by atoms with Crippen LogP contribution in [0.4, 0.5) is 0 Å². The van der Waals surface area contributed by atoms with Crippen molar-refractivity contribution < 1.29 is 4.79 Å². The zero-order chi connectivity index (χ0) is 19.9. The second-order valence-electron chi connectivity index (χ2n) is 6.91. The number of fused-ring (bicyclic) bond motifs is 1. The van der Waals surface area contributed by atoms with Crippen molar-refractivity contribution in [2.24, 2.45) is 14.1 Å². The van der Waals surface area contributed by atoms with E-state index in [4.69, 9.17) is 0 Å². The van der Waals surface area contributed by atoms with Gasteiger partial charge in [0.1, 0.15) is 6.54 Å². The van der Waals surface area contributed by atoms with Gasteiger partial charge in [-0.1, -0.05) is 23.8 Å². The predicted molar refractivity (Wildman–Crippen MR) is 103 cm³/mol. The molecule has 1 aromatic carbocycles. The van der Waals surface area contributed by atoms with Gasteiger partial charge in [0.05, 0.1) is 12.4 Å². The monoisotopic (exact) mass is 369 g/mol. The van der Waals surface area contributed by atoms with Crippen LogP contribution in [0.5, 0.6) is 0 Å². The van der Waals surface area contributed by atoms with Crippen LogP contribution in [0.1, 0.15) is 29.7 Å². The summed E-state index contributed by atoms with van der Waals surface area (Å²) < 4.78 is 3.76. The molecule has 0 bridgehead atoms. The molecule has 3 rings (SSSR count). The molecule has 27 heavy (non-hydrogen) atoms. The van der Waals surface area contributed by atoms with Gasteiger partial charge in [0.2, 0.25) is 5.91 Å². The zero-order valence-corrected chi connectivity index (χ0v) is 16.1. The highest BCUT2D eigenvalue weighted by Gasteiger charge is 2.18. The number of nitrogens with zero attached hydrogens (tertiary/aromatic N) is 4. The normalized spacial score (nSPS) is 12.3. The van der Waals surface area contributed by atoms with Crippen molar-refractivity contribution in [3.63, 3.8) is 0 Å². The van der Waals surface area contributed by atoms with Gasteiger partial charge in [-0.3, -0.25) is 14.2 Å². The molecule has 1 N–H and O–H groups in total. The molecular formula is C19H23N5O3. The molecule has 0 aliphatic carbocycles. The third-order valence-electron chi connectivity index (χ3n) is 4.78. The van der Waals surface area contributed by atoms with Crippen LogP contribution in [0.15, 0.2) is 34.1 Å². The van der Waals surface area contributed by atoms with Gasteiger partial charge in [0, 0.05) is 14.1 Å². The minimum absolute atomic E-state index is 0.239. The van der Waals surface area contributed by atoms with Crippen LogP contribution in [0.25, 0.3) is 11.2 Å². The number of aromatic nitrogens is 4. The van der Waals surface area contributed by atoms with Crippen LogP contribution in [-0.2, 0) is 25.4 Å². The van der Waals surface area contributed by atoms with Gasteiger partial charge in [-0.15, -0.1) is 0 Å². The number of hydrogen-bond acceptors (Lipinski definition) is 4. The van der Waals surface area contributed by atoms with Crippen LogP contribution in [0.3, 0.4) is 0 Å². The Morgan fingerprint density at radius 1 is 1.22 bits per heavy atom. The van der Waals surface area contributed by atoms with E-state index in [1.54, 1.807) is 11.6 Å². The summed E-state index contributed by atoms with van der Waals surface area (Å²) in [5.74, 6) is -0.399. The Labute approximate surface area is 156 Å². The summed E-state index contributed by atoms with van der Waals surface area (Å²) in [6.45, 7) is 5.50. The molecule has 2 heterocycles. The van der Waals surface area contributed by atoms with Crippen molar-refractivity contribution in [2.45, 2.75) is 33.4 Å². The molecular weight excluding hydrogens is 346 g/mol. The minimum Gasteiger partial charge on any atom is -0.348 e. The maximum Gasteiger partial charge on any atom is 0.332 e. The van der Waals surface area contributed by atoms with Gasteiger partial charge in [-0.2, -0.15) is 0 Å². The Kier molecular flexibility index (Phi) is 4.73. The molecule has 0 aliphatic heterocycles. The van der Waals surface area contributed by atoms with Crippen molar-refractivity contribution in [2.75, 3.05) is 0 Å². The molecule has 0 spiro atoms. The summed E-state index contributed by atoms with van der Waals surface area (Å²) in [5, 5.41) is 2.87. The molecule has 0 fully saturated rings. The average molecular weight is 369 g/mol. The molecule has 0 radical (unpaired) electrons. The van der Waals surface area contributed by atoms with Crippen molar-refractivity contribution in [3.8, 4) is 0 Å². The van der Waals surface area contributed by atoms with Crippen molar-refractivity contribution in [3.05, 3.63) is 62.1 Å². The fraction of sp³-hybridized carbons (Fsp3) is 0.368. The first-order valence-electron chi connectivity index (χ1n) is 8.68. The number of nitrogens with one attached hydrogen (secondary N) is 1. The lowest BCUT2D eigenvalue weighted by Crippen LogP contribution is -2.44. The summed E-state index contributed by atoms with van der Waals surface area (Å²) in [5.41, 5.74) is 2.66. The molecule has 3 aromatic rings. The number of aryl methyl sites for hydroxylation is 4. The molecule has 8 heteroatoms. The number of rotatable bonds is 4. The molecule has 0 saturated heterocycles. The lowest BCUT2D eigenvalue weighted by atomic mass is 10.00. The second kappa shape index (κ2) is 6.86. The molecule has 2 aromatic heterocycles. The van der Waals surface area contributed by atoms with E-state index in [0.29, 0.717) is 5.65 Å². The number of carbonyl (C=O) groups is 1. The Balaban J connectivity index is 1.90. The maximum atomic E-state index is 12.7. The van der Waals surface area contributed by atoms with E-state index in [1.165, 1.54) is 17.9 Å². The molecule has 1 amide bonds. The molecule has 1 atom stereocenters. The zero-order valence-electron chi connectivity index (χ0n) is 16.1. The number of hydrogen-bond donors (Lipinski definition) is 1. The van der Waals surface area contributed by atoms with Crippen LogP contribution in [-0.4, -0.2) is 24.6 Å². The first-order chi connectivity index (χ1) is 12.7. The summed E-state index contributed by atoms with van der Waals surface area (Å²) >= 11 is 0. The van der Waals surface area contributed by atoms with Crippen molar-refractivity contribution in [1.82, 2.24) is 24.0 Å². The Morgan fingerprint density at radius 2 is 1.93 bits per heavy atom. The number of amides is 1. The number of benzene rings is 1. The lowest BCUT2D eigenvalue weighted by molar-refractivity contribution is -0.122. The maximum absolute atomic E-state index is 12.7. The number of carbonyl (C=O) groups excluding carboxylic acids is 1. The summed E-state index contributed by atoms with van der Waals surface area (Å²) in [6.07, 6.45) is 1.47. The third-order valence-corrected chi connectivity index (χ3v) is 4.78. The highest BCUT2D eigenvalue weighted by Crippen LogP contribution is 2.18. The van der Waals surface area contributed by atoms with E-state index in [-0.39, 0.29) is 18.1 Å². The van der Waals surface area contributed by atoms with E-state index in [1.807, 2.05) is 39.0 Å². The third kappa shape index (κ3) is 3.30.